The van der Waals surface area contributed by atoms with E-state index in [9.17, 15) is 4.79 Å². The van der Waals surface area contributed by atoms with Crippen molar-refractivity contribution in [3.63, 3.8) is 0 Å². The Labute approximate surface area is 86.2 Å². The number of carbonyl (C=O) groups is 1. The van der Waals surface area contributed by atoms with Crippen molar-refractivity contribution in [2.24, 2.45) is 0 Å². The van der Waals surface area contributed by atoms with Crippen LogP contribution in [0.1, 0.15) is 26.6 Å². The first-order valence-corrected chi connectivity index (χ1v) is 4.54. The second kappa shape index (κ2) is 3.91. The summed E-state index contributed by atoms with van der Waals surface area (Å²) < 4.78 is 5.99. The highest BCUT2D eigenvalue weighted by Crippen LogP contribution is 2.09. The van der Waals surface area contributed by atoms with Gasteiger partial charge in [0.25, 0.3) is 0 Å². The van der Waals surface area contributed by atoms with Gasteiger partial charge in [0.2, 0.25) is 0 Å². The van der Waals surface area contributed by atoms with Crippen LogP contribution < -0.4 is 0 Å². The molecule has 0 saturated heterocycles. The first-order chi connectivity index (χ1) is 6.44. The van der Waals surface area contributed by atoms with Gasteiger partial charge in [-0.1, -0.05) is 0 Å². The maximum absolute atomic E-state index is 11.4. The third kappa shape index (κ3) is 2.66. The zero-order valence-corrected chi connectivity index (χ0v) is 8.95. The number of halogens is 1. The maximum Gasteiger partial charge on any atom is 0.438 e. The second-order valence-electron chi connectivity index (χ2n) is 3.62. The van der Waals surface area contributed by atoms with Crippen LogP contribution in [0.3, 0.4) is 0 Å². The molecule has 1 aromatic rings. The van der Waals surface area contributed by atoms with Crippen molar-refractivity contribution < 1.29 is 9.53 Å². The van der Waals surface area contributed by atoms with E-state index in [2.05, 4.69) is 15.5 Å². The van der Waals surface area contributed by atoms with Gasteiger partial charge in [-0.15, -0.1) is 21.4 Å². The van der Waals surface area contributed by atoms with E-state index in [1.165, 1.54) is 0 Å². The first-order valence-electron chi connectivity index (χ1n) is 4.00. The number of ether oxygens (including phenoxy) is 1. The van der Waals surface area contributed by atoms with Crippen LogP contribution in [-0.4, -0.2) is 31.9 Å². The minimum Gasteiger partial charge on any atom is -0.442 e. The lowest BCUT2D eigenvalue weighted by Crippen LogP contribution is -2.28. The number of rotatable bonds is 1. The molecule has 0 aliphatic carbocycles. The summed E-state index contributed by atoms with van der Waals surface area (Å²) in [6.07, 6.45) is -0.627. The van der Waals surface area contributed by atoms with E-state index in [-0.39, 0.29) is 11.7 Å². The van der Waals surface area contributed by atoms with Crippen molar-refractivity contribution in [2.45, 2.75) is 32.3 Å². The van der Waals surface area contributed by atoms with E-state index in [4.69, 9.17) is 16.3 Å². The van der Waals surface area contributed by atoms with Crippen molar-refractivity contribution in [1.82, 2.24) is 20.2 Å². The SMILES string of the molecule is CC(C)(C)OC(=O)n1nnnc1CCl. The molecule has 1 heterocycles. The largest absolute Gasteiger partial charge is 0.442 e. The summed E-state index contributed by atoms with van der Waals surface area (Å²) in [6.45, 7) is 5.28. The molecule has 0 atom stereocenters. The standard InChI is InChI=1S/C7H11ClN4O2/c1-7(2,3)14-6(13)12-5(4-8)9-10-11-12/h4H2,1-3H3. The predicted molar refractivity (Wildman–Crippen MR) is 49.0 cm³/mol. The van der Waals surface area contributed by atoms with Gasteiger partial charge in [0.1, 0.15) is 5.60 Å². The smallest absolute Gasteiger partial charge is 0.438 e. The molecule has 0 aliphatic rings. The monoisotopic (exact) mass is 218 g/mol. The molecule has 1 aromatic heterocycles. The molecule has 0 N–H and O–H groups in total. The Morgan fingerprint density at radius 1 is 1.57 bits per heavy atom. The van der Waals surface area contributed by atoms with Gasteiger partial charge in [0.05, 0.1) is 5.88 Å². The topological polar surface area (TPSA) is 69.9 Å². The Morgan fingerprint density at radius 2 is 2.21 bits per heavy atom. The number of carbonyl (C=O) groups excluding carboxylic acids is 1. The molecule has 0 spiro atoms. The van der Waals surface area contributed by atoms with Crippen LogP contribution >= 0.6 is 11.6 Å². The molecule has 0 saturated carbocycles. The number of aromatic nitrogens is 4. The lowest BCUT2D eigenvalue weighted by Gasteiger charge is -2.18. The maximum atomic E-state index is 11.4. The van der Waals surface area contributed by atoms with E-state index >= 15 is 0 Å². The Bertz CT molecular complexity index is 331. The summed E-state index contributed by atoms with van der Waals surface area (Å²) in [4.78, 5) is 11.4. The Kier molecular flexibility index (Phi) is 3.05. The summed E-state index contributed by atoms with van der Waals surface area (Å²) in [5, 5.41) is 10.3. The summed E-state index contributed by atoms with van der Waals surface area (Å²) in [6, 6.07) is 0. The van der Waals surface area contributed by atoms with Crippen molar-refractivity contribution in [3.8, 4) is 0 Å². The fourth-order valence-corrected chi connectivity index (χ4v) is 0.903. The van der Waals surface area contributed by atoms with E-state index in [0.29, 0.717) is 0 Å². The third-order valence-corrected chi connectivity index (χ3v) is 1.46. The van der Waals surface area contributed by atoms with Crippen LogP contribution in [0.4, 0.5) is 4.79 Å². The van der Waals surface area contributed by atoms with Crippen molar-refractivity contribution in [1.29, 1.82) is 0 Å². The van der Waals surface area contributed by atoms with E-state index in [0.717, 1.165) is 4.68 Å². The second-order valence-corrected chi connectivity index (χ2v) is 3.89. The first kappa shape index (κ1) is 10.9. The Hall–Kier alpha value is -1.17. The molecule has 14 heavy (non-hydrogen) atoms. The molecule has 0 unspecified atom stereocenters. The van der Waals surface area contributed by atoms with Crippen LogP contribution in [0.25, 0.3) is 0 Å². The summed E-state index contributed by atoms with van der Waals surface area (Å²) in [5.74, 6) is 0.326. The zero-order valence-electron chi connectivity index (χ0n) is 8.19. The fourth-order valence-electron chi connectivity index (χ4n) is 0.736. The molecule has 0 aliphatic heterocycles. The van der Waals surface area contributed by atoms with Gasteiger partial charge in [-0.3, -0.25) is 0 Å². The lowest BCUT2D eigenvalue weighted by molar-refractivity contribution is 0.0507. The summed E-state index contributed by atoms with van der Waals surface area (Å²) in [7, 11) is 0. The average Bonchev–Trinajstić information content (AvgIpc) is 2.47. The van der Waals surface area contributed by atoms with Crippen molar-refractivity contribution in [3.05, 3.63) is 5.82 Å². The van der Waals surface area contributed by atoms with Crippen molar-refractivity contribution >= 4 is 17.7 Å². The number of tetrazole rings is 1. The molecule has 6 nitrogen and oxygen atoms in total. The van der Waals surface area contributed by atoms with Crippen LogP contribution in [-0.2, 0) is 10.6 Å². The van der Waals surface area contributed by atoms with E-state index < -0.39 is 11.7 Å². The third-order valence-electron chi connectivity index (χ3n) is 1.22. The summed E-state index contributed by atoms with van der Waals surface area (Å²) >= 11 is 5.52. The molecule has 0 radical (unpaired) electrons. The molecule has 0 amide bonds. The van der Waals surface area contributed by atoms with Gasteiger partial charge >= 0.3 is 6.09 Å². The van der Waals surface area contributed by atoms with E-state index in [1.807, 2.05) is 0 Å². The van der Waals surface area contributed by atoms with Gasteiger partial charge in [0.15, 0.2) is 5.82 Å². The van der Waals surface area contributed by atoms with Gasteiger partial charge in [-0.05, 0) is 31.2 Å². The lowest BCUT2D eigenvalue weighted by atomic mass is 10.2. The fraction of sp³-hybridized carbons (Fsp3) is 0.714. The van der Waals surface area contributed by atoms with Gasteiger partial charge in [-0.25, -0.2) is 4.79 Å². The van der Waals surface area contributed by atoms with Gasteiger partial charge in [0, 0.05) is 0 Å². The van der Waals surface area contributed by atoms with Crippen LogP contribution in [0.5, 0.6) is 0 Å². The normalized spacial score (nSPS) is 11.4. The molecular weight excluding hydrogens is 208 g/mol. The molecule has 1 rings (SSSR count). The predicted octanol–water partition coefficient (Wildman–Crippen LogP) is 1.20. The average molecular weight is 219 g/mol. The Morgan fingerprint density at radius 3 is 2.71 bits per heavy atom. The van der Waals surface area contributed by atoms with E-state index in [1.54, 1.807) is 20.8 Å². The molecule has 7 heteroatoms. The Balaban J connectivity index is 2.80. The minimum absolute atomic E-state index is 0.0617. The zero-order chi connectivity index (χ0) is 10.8. The molecule has 0 fully saturated rings. The highest BCUT2D eigenvalue weighted by Gasteiger charge is 2.21. The van der Waals surface area contributed by atoms with Crippen LogP contribution in [0, 0.1) is 0 Å². The minimum atomic E-state index is -0.627. The number of hydrogen-bond acceptors (Lipinski definition) is 5. The number of hydrogen-bond donors (Lipinski definition) is 0. The molecular formula is C7H11ClN4O2. The van der Waals surface area contributed by atoms with Gasteiger partial charge < -0.3 is 4.74 Å². The van der Waals surface area contributed by atoms with Crippen LogP contribution in [0.15, 0.2) is 0 Å². The highest BCUT2D eigenvalue weighted by molar-refractivity contribution is 6.16. The molecule has 78 valence electrons. The summed E-state index contributed by atoms with van der Waals surface area (Å²) in [5.41, 5.74) is -0.577. The van der Waals surface area contributed by atoms with Crippen LogP contribution in [0.2, 0.25) is 0 Å². The number of alkyl halides is 1. The highest BCUT2D eigenvalue weighted by atomic mass is 35.5. The van der Waals surface area contributed by atoms with Crippen molar-refractivity contribution in [2.75, 3.05) is 0 Å². The number of nitrogens with zero attached hydrogens (tertiary/aromatic N) is 4. The molecule has 0 aromatic carbocycles. The quantitative estimate of drug-likeness (QED) is 0.523. The molecule has 0 bridgehead atoms. The van der Waals surface area contributed by atoms with Gasteiger partial charge in [-0.2, -0.15) is 0 Å².